The number of aromatic nitrogens is 2. The fourth-order valence-corrected chi connectivity index (χ4v) is 3.41. The molecule has 1 N–H and O–H groups in total. The molecule has 6 heteroatoms. The van der Waals surface area contributed by atoms with Crippen LogP contribution in [0.2, 0.25) is 0 Å². The molecular weight excluding hydrogens is 314 g/mol. The van der Waals surface area contributed by atoms with Crippen LogP contribution in [0, 0.1) is 6.92 Å². The van der Waals surface area contributed by atoms with E-state index in [4.69, 9.17) is 0 Å². The van der Waals surface area contributed by atoms with Crippen LogP contribution in [-0.2, 0) is 13.6 Å². The molecule has 6 nitrogen and oxygen atoms in total. The molecule has 0 aliphatic carbocycles. The van der Waals surface area contributed by atoms with Crippen molar-refractivity contribution in [3.05, 3.63) is 52.8 Å². The molecule has 1 atom stereocenters. The van der Waals surface area contributed by atoms with Crippen LogP contribution < -0.4 is 5.32 Å². The van der Waals surface area contributed by atoms with Gasteiger partial charge in [-0.15, -0.1) is 0 Å². The fourth-order valence-electron chi connectivity index (χ4n) is 3.41. The summed E-state index contributed by atoms with van der Waals surface area (Å²) in [4.78, 5) is 16.8. The van der Waals surface area contributed by atoms with E-state index in [9.17, 15) is 4.79 Å². The van der Waals surface area contributed by atoms with Crippen LogP contribution in [-0.4, -0.2) is 59.2 Å². The molecule has 0 bridgehead atoms. The zero-order valence-electron chi connectivity index (χ0n) is 15.5. The first-order valence-corrected chi connectivity index (χ1v) is 8.71. The molecule has 0 spiro atoms. The van der Waals surface area contributed by atoms with Crippen LogP contribution in [0.3, 0.4) is 0 Å². The summed E-state index contributed by atoms with van der Waals surface area (Å²) < 4.78 is 1.93. The van der Waals surface area contributed by atoms with Crippen LogP contribution in [0.1, 0.15) is 33.2 Å². The molecule has 1 aliphatic rings. The lowest BCUT2D eigenvalue weighted by Crippen LogP contribution is -2.46. The number of piperazine rings is 1. The van der Waals surface area contributed by atoms with Crippen molar-refractivity contribution < 1.29 is 4.79 Å². The van der Waals surface area contributed by atoms with E-state index in [1.807, 2.05) is 36.1 Å². The highest BCUT2D eigenvalue weighted by molar-refractivity contribution is 5.94. The van der Waals surface area contributed by atoms with Gasteiger partial charge in [0, 0.05) is 63.1 Å². The number of benzene rings is 1. The average molecular weight is 341 g/mol. The van der Waals surface area contributed by atoms with Gasteiger partial charge in [-0.3, -0.25) is 19.3 Å². The summed E-state index contributed by atoms with van der Waals surface area (Å²) in [6.07, 6.45) is 1.97. The normalized spacial score (nSPS) is 19.1. The van der Waals surface area contributed by atoms with Gasteiger partial charge in [0.1, 0.15) is 0 Å². The second kappa shape index (κ2) is 7.37. The number of likely N-dealkylation sites (N-methyl/N-ethyl adjacent to an activating group) is 1. The number of nitrogens with zero attached hydrogens (tertiary/aromatic N) is 4. The van der Waals surface area contributed by atoms with Crippen LogP contribution in [0.5, 0.6) is 0 Å². The van der Waals surface area contributed by atoms with E-state index in [2.05, 4.69) is 40.3 Å². The van der Waals surface area contributed by atoms with Gasteiger partial charge in [-0.1, -0.05) is 12.1 Å². The molecule has 134 valence electrons. The number of aryl methyl sites for hydroxylation is 1. The van der Waals surface area contributed by atoms with E-state index >= 15 is 0 Å². The third-order valence-corrected chi connectivity index (χ3v) is 5.22. The first kappa shape index (κ1) is 17.6. The van der Waals surface area contributed by atoms with Crippen molar-refractivity contribution in [3.63, 3.8) is 0 Å². The second-order valence-corrected chi connectivity index (χ2v) is 6.81. The Kier molecular flexibility index (Phi) is 5.20. The highest BCUT2D eigenvalue weighted by Gasteiger charge is 2.26. The largest absolute Gasteiger partial charge is 0.355 e. The molecule has 0 saturated carbocycles. The zero-order chi connectivity index (χ0) is 18.0. The molecule has 0 radical (unpaired) electrons. The number of nitrogens with one attached hydrogen (secondary N) is 1. The standard InChI is InChI=1S/C19H27N5O/c1-14-17(11-21-23(14)4)12-24-9-8-22(3)18(13-24)15-6-5-7-16(10-15)19(25)20-2/h5-7,10-11,18H,8-9,12-13H2,1-4H3,(H,20,25)/t18-/m1/s1. The van der Waals surface area contributed by atoms with Gasteiger partial charge in [-0.05, 0) is 31.7 Å². The van der Waals surface area contributed by atoms with Crippen molar-refractivity contribution in [2.24, 2.45) is 7.05 Å². The smallest absolute Gasteiger partial charge is 0.251 e. The third-order valence-electron chi connectivity index (χ3n) is 5.22. The lowest BCUT2D eigenvalue weighted by Gasteiger charge is -2.39. The topological polar surface area (TPSA) is 53.4 Å². The van der Waals surface area contributed by atoms with E-state index in [-0.39, 0.29) is 11.9 Å². The molecule has 1 aromatic carbocycles. The predicted octanol–water partition coefficient (Wildman–Crippen LogP) is 1.58. The summed E-state index contributed by atoms with van der Waals surface area (Å²) in [5.74, 6) is -0.0387. The van der Waals surface area contributed by atoms with Gasteiger partial charge in [0.15, 0.2) is 0 Å². The van der Waals surface area contributed by atoms with Gasteiger partial charge in [0.05, 0.1) is 6.20 Å². The van der Waals surface area contributed by atoms with E-state index in [1.165, 1.54) is 16.8 Å². The molecule has 0 unspecified atom stereocenters. The number of rotatable bonds is 4. The van der Waals surface area contributed by atoms with E-state index < -0.39 is 0 Å². The Hall–Kier alpha value is -2.18. The van der Waals surface area contributed by atoms with Gasteiger partial charge in [0.25, 0.3) is 5.91 Å². The highest BCUT2D eigenvalue weighted by atomic mass is 16.1. The summed E-state index contributed by atoms with van der Waals surface area (Å²) >= 11 is 0. The van der Waals surface area contributed by atoms with Gasteiger partial charge in [0.2, 0.25) is 0 Å². The van der Waals surface area contributed by atoms with Crippen molar-refractivity contribution in [1.82, 2.24) is 24.9 Å². The quantitative estimate of drug-likeness (QED) is 0.917. The Bertz CT molecular complexity index is 754. The van der Waals surface area contributed by atoms with Crippen molar-refractivity contribution in [2.75, 3.05) is 33.7 Å². The average Bonchev–Trinajstić information content (AvgIpc) is 2.94. The van der Waals surface area contributed by atoms with Gasteiger partial charge in [-0.25, -0.2) is 0 Å². The Morgan fingerprint density at radius 3 is 2.80 bits per heavy atom. The molecule has 1 aromatic heterocycles. The van der Waals surface area contributed by atoms with Crippen molar-refractivity contribution in [1.29, 1.82) is 0 Å². The Labute approximate surface area is 149 Å². The van der Waals surface area contributed by atoms with Crippen molar-refractivity contribution in [3.8, 4) is 0 Å². The number of hydrogen-bond donors (Lipinski definition) is 1. The van der Waals surface area contributed by atoms with Gasteiger partial charge in [-0.2, -0.15) is 5.10 Å². The van der Waals surface area contributed by atoms with E-state index in [1.54, 1.807) is 7.05 Å². The third kappa shape index (κ3) is 3.75. The summed E-state index contributed by atoms with van der Waals surface area (Å²) in [6, 6.07) is 8.25. The predicted molar refractivity (Wildman–Crippen MR) is 98.4 cm³/mol. The summed E-state index contributed by atoms with van der Waals surface area (Å²) in [5.41, 5.74) is 4.41. The number of carbonyl (C=O) groups excluding carboxylic acids is 1. The van der Waals surface area contributed by atoms with Crippen LogP contribution in [0.25, 0.3) is 0 Å². The lowest BCUT2D eigenvalue weighted by molar-refractivity contribution is 0.0899. The SMILES string of the molecule is CNC(=O)c1cccc([C@H]2CN(Cc3cnn(C)c3C)CCN2C)c1. The Morgan fingerprint density at radius 1 is 1.32 bits per heavy atom. The van der Waals surface area contributed by atoms with E-state index in [0.29, 0.717) is 5.56 Å². The molecule has 3 rings (SSSR count). The second-order valence-electron chi connectivity index (χ2n) is 6.81. The molecule has 2 aromatic rings. The summed E-state index contributed by atoms with van der Waals surface area (Å²) in [5, 5.41) is 7.05. The number of hydrogen-bond acceptors (Lipinski definition) is 4. The number of amides is 1. The van der Waals surface area contributed by atoms with Gasteiger partial charge < -0.3 is 5.32 Å². The van der Waals surface area contributed by atoms with Gasteiger partial charge >= 0.3 is 0 Å². The molecule has 1 fully saturated rings. The van der Waals surface area contributed by atoms with Crippen LogP contribution in [0.15, 0.2) is 30.5 Å². The molecule has 1 aliphatic heterocycles. The minimum absolute atomic E-state index is 0.0387. The lowest BCUT2D eigenvalue weighted by atomic mass is 10.00. The van der Waals surface area contributed by atoms with E-state index in [0.717, 1.165) is 26.2 Å². The maximum atomic E-state index is 11.9. The minimum Gasteiger partial charge on any atom is -0.355 e. The monoisotopic (exact) mass is 341 g/mol. The number of carbonyl (C=O) groups is 1. The highest BCUT2D eigenvalue weighted by Crippen LogP contribution is 2.26. The van der Waals surface area contributed by atoms with Crippen LogP contribution >= 0.6 is 0 Å². The maximum Gasteiger partial charge on any atom is 0.251 e. The first-order valence-electron chi connectivity index (χ1n) is 8.71. The summed E-state index contributed by atoms with van der Waals surface area (Å²) in [6.45, 7) is 6.02. The zero-order valence-corrected chi connectivity index (χ0v) is 15.5. The molecular formula is C19H27N5O. The Morgan fingerprint density at radius 2 is 2.12 bits per heavy atom. The summed E-state index contributed by atoms with van der Waals surface area (Å²) in [7, 11) is 5.81. The molecule has 25 heavy (non-hydrogen) atoms. The van der Waals surface area contributed by atoms with Crippen molar-refractivity contribution >= 4 is 5.91 Å². The maximum absolute atomic E-state index is 11.9. The molecule has 1 saturated heterocycles. The Balaban J connectivity index is 1.77. The minimum atomic E-state index is -0.0387. The van der Waals surface area contributed by atoms with Crippen LogP contribution in [0.4, 0.5) is 0 Å². The molecule has 2 heterocycles. The first-order chi connectivity index (χ1) is 12.0. The van der Waals surface area contributed by atoms with Crippen molar-refractivity contribution in [2.45, 2.75) is 19.5 Å². The molecule has 1 amide bonds. The fraction of sp³-hybridized carbons (Fsp3) is 0.474.